The van der Waals surface area contributed by atoms with Crippen molar-refractivity contribution in [3.8, 4) is 0 Å². The highest BCUT2D eigenvalue weighted by Crippen LogP contribution is 2.20. The summed E-state index contributed by atoms with van der Waals surface area (Å²) in [5, 5.41) is 11.4. The molecule has 7 heteroatoms. The Morgan fingerprint density at radius 2 is 2.00 bits per heavy atom. The summed E-state index contributed by atoms with van der Waals surface area (Å²) in [7, 11) is 0. The van der Waals surface area contributed by atoms with Crippen molar-refractivity contribution in [1.29, 1.82) is 0 Å². The van der Waals surface area contributed by atoms with Gasteiger partial charge in [0.05, 0.1) is 30.2 Å². The predicted molar refractivity (Wildman–Crippen MR) is 70.6 cm³/mol. The number of ether oxygens (including phenoxy) is 2. The fraction of sp³-hybridized carbons (Fsp3) is 0.308. The van der Waals surface area contributed by atoms with Gasteiger partial charge < -0.3 is 14.0 Å². The van der Waals surface area contributed by atoms with Gasteiger partial charge in [-0.3, -0.25) is 14.9 Å². The zero-order chi connectivity index (χ0) is 14.1. The standard InChI is InChI=1S/C13H12N2O5/c16-12-4-1-9-7-10(15(17)18)2-3-11(9)14(12)8-13-19-5-6-20-13/h1-4,7,13H,5-6,8H2. The molecule has 1 aromatic heterocycles. The number of nitro benzene ring substituents is 1. The molecule has 0 amide bonds. The maximum atomic E-state index is 12.0. The number of rotatable bonds is 3. The van der Waals surface area contributed by atoms with Crippen molar-refractivity contribution in [2.45, 2.75) is 12.8 Å². The van der Waals surface area contributed by atoms with Crippen LogP contribution in [0.1, 0.15) is 0 Å². The first-order valence-electron chi connectivity index (χ1n) is 6.16. The maximum absolute atomic E-state index is 12.0. The van der Waals surface area contributed by atoms with E-state index in [9.17, 15) is 14.9 Å². The van der Waals surface area contributed by atoms with E-state index in [4.69, 9.17) is 9.47 Å². The SMILES string of the molecule is O=c1ccc2cc([N+](=O)[O-])ccc2n1CC1OCCO1. The maximum Gasteiger partial charge on any atom is 0.270 e. The molecule has 7 nitrogen and oxygen atoms in total. The summed E-state index contributed by atoms with van der Waals surface area (Å²) in [6.45, 7) is 1.29. The Kier molecular flexibility index (Phi) is 3.21. The van der Waals surface area contributed by atoms with Crippen LogP contribution in [0.2, 0.25) is 0 Å². The molecule has 0 saturated carbocycles. The van der Waals surface area contributed by atoms with Crippen molar-refractivity contribution in [1.82, 2.24) is 4.57 Å². The van der Waals surface area contributed by atoms with Gasteiger partial charge in [0.1, 0.15) is 0 Å². The Labute approximate surface area is 113 Å². The second kappa shape index (κ2) is 5.03. The molecule has 0 unspecified atom stereocenters. The Bertz CT molecular complexity index is 718. The van der Waals surface area contributed by atoms with Crippen molar-refractivity contribution in [2.24, 2.45) is 0 Å². The molecule has 0 bridgehead atoms. The normalized spacial score (nSPS) is 15.8. The van der Waals surface area contributed by atoms with E-state index in [0.717, 1.165) is 0 Å². The number of benzene rings is 1. The van der Waals surface area contributed by atoms with Crippen LogP contribution in [0.3, 0.4) is 0 Å². The van der Waals surface area contributed by atoms with Crippen LogP contribution in [-0.4, -0.2) is 29.0 Å². The van der Waals surface area contributed by atoms with E-state index in [1.54, 1.807) is 12.1 Å². The topological polar surface area (TPSA) is 83.6 Å². The Balaban J connectivity index is 2.07. The van der Waals surface area contributed by atoms with E-state index in [1.165, 1.54) is 22.8 Å². The van der Waals surface area contributed by atoms with Crippen LogP contribution in [0.5, 0.6) is 0 Å². The van der Waals surface area contributed by atoms with E-state index in [1.807, 2.05) is 0 Å². The molecule has 0 spiro atoms. The number of aromatic nitrogens is 1. The number of hydrogen-bond donors (Lipinski definition) is 0. The molecule has 1 aliphatic rings. The molecule has 1 saturated heterocycles. The molecular formula is C13H12N2O5. The quantitative estimate of drug-likeness (QED) is 0.623. The molecule has 2 heterocycles. The zero-order valence-electron chi connectivity index (χ0n) is 10.5. The minimum absolute atomic E-state index is 0.00364. The largest absolute Gasteiger partial charge is 0.348 e. The fourth-order valence-corrected chi connectivity index (χ4v) is 2.25. The summed E-state index contributed by atoms with van der Waals surface area (Å²) in [6.07, 6.45) is -0.450. The van der Waals surface area contributed by atoms with Gasteiger partial charge in [0.15, 0.2) is 6.29 Å². The molecule has 1 aromatic carbocycles. The molecule has 3 rings (SSSR count). The number of nitrogens with zero attached hydrogens (tertiary/aromatic N) is 2. The molecule has 1 fully saturated rings. The van der Waals surface area contributed by atoms with Crippen molar-refractivity contribution < 1.29 is 14.4 Å². The first-order valence-corrected chi connectivity index (χ1v) is 6.16. The highest BCUT2D eigenvalue weighted by molar-refractivity contribution is 5.81. The summed E-state index contributed by atoms with van der Waals surface area (Å²) in [5.41, 5.74) is 0.434. The van der Waals surface area contributed by atoms with Gasteiger partial charge in [-0.25, -0.2) is 0 Å². The van der Waals surface area contributed by atoms with Gasteiger partial charge in [0.2, 0.25) is 0 Å². The zero-order valence-corrected chi connectivity index (χ0v) is 10.5. The van der Waals surface area contributed by atoms with Gasteiger partial charge >= 0.3 is 0 Å². The van der Waals surface area contributed by atoms with Gasteiger partial charge in [-0.1, -0.05) is 0 Å². The third-order valence-electron chi connectivity index (χ3n) is 3.21. The third kappa shape index (κ3) is 2.28. The summed E-state index contributed by atoms with van der Waals surface area (Å²) in [5.74, 6) is 0. The average Bonchev–Trinajstić information content (AvgIpc) is 2.94. The van der Waals surface area contributed by atoms with E-state index in [-0.39, 0.29) is 17.8 Å². The first-order chi connectivity index (χ1) is 9.65. The van der Waals surface area contributed by atoms with Gasteiger partial charge in [-0.15, -0.1) is 0 Å². The highest BCUT2D eigenvalue weighted by Gasteiger charge is 2.18. The van der Waals surface area contributed by atoms with Crippen LogP contribution >= 0.6 is 0 Å². The Morgan fingerprint density at radius 3 is 2.70 bits per heavy atom. The van der Waals surface area contributed by atoms with Crippen molar-refractivity contribution in [3.05, 3.63) is 50.8 Å². The minimum atomic E-state index is -0.460. The molecule has 2 aromatic rings. The fourth-order valence-electron chi connectivity index (χ4n) is 2.25. The van der Waals surface area contributed by atoms with E-state index in [0.29, 0.717) is 24.1 Å². The molecule has 0 N–H and O–H groups in total. The molecule has 0 aliphatic carbocycles. The molecule has 1 aliphatic heterocycles. The number of hydrogen-bond acceptors (Lipinski definition) is 5. The minimum Gasteiger partial charge on any atom is -0.348 e. The monoisotopic (exact) mass is 276 g/mol. The Hall–Kier alpha value is -2.25. The highest BCUT2D eigenvalue weighted by atomic mass is 16.7. The number of nitro groups is 1. The van der Waals surface area contributed by atoms with Crippen LogP contribution < -0.4 is 5.56 Å². The van der Waals surface area contributed by atoms with Crippen LogP contribution in [0.4, 0.5) is 5.69 Å². The average molecular weight is 276 g/mol. The van der Waals surface area contributed by atoms with E-state index < -0.39 is 11.2 Å². The molecule has 0 radical (unpaired) electrons. The van der Waals surface area contributed by atoms with Gasteiger partial charge in [-0.05, 0) is 12.1 Å². The van der Waals surface area contributed by atoms with Crippen molar-refractivity contribution in [2.75, 3.05) is 13.2 Å². The smallest absolute Gasteiger partial charge is 0.270 e. The molecule has 0 atom stereocenters. The number of pyridine rings is 1. The second-order valence-electron chi connectivity index (χ2n) is 4.45. The molecule has 104 valence electrons. The van der Waals surface area contributed by atoms with E-state index in [2.05, 4.69) is 0 Å². The van der Waals surface area contributed by atoms with Crippen molar-refractivity contribution in [3.63, 3.8) is 0 Å². The molecule has 20 heavy (non-hydrogen) atoms. The third-order valence-corrected chi connectivity index (χ3v) is 3.21. The second-order valence-corrected chi connectivity index (χ2v) is 4.45. The van der Waals surface area contributed by atoms with Crippen LogP contribution in [0.25, 0.3) is 10.9 Å². The lowest BCUT2D eigenvalue weighted by Gasteiger charge is -2.13. The van der Waals surface area contributed by atoms with Gasteiger partial charge in [-0.2, -0.15) is 0 Å². The predicted octanol–water partition coefficient (Wildman–Crippen LogP) is 1.28. The lowest BCUT2D eigenvalue weighted by Crippen LogP contribution is -2.26. The van der Waals surface area contributed by atoms with Crippen LogP contribution in [0, 0.1) is 10.1 Å². The number of non-ortho nitro benzene ring substituents is 1. The lowest BCUT2D eigenvalue weighted by atomic mass is 10.2. The van der Waals surface area contributed by atoms with Crippen LogP contribution in [-0.2, 0) is 16.0 Å². The van der Waals surface area contributed by atoms with E-state index >= 15 is 0 Å². The first kappa shape index (κ1) is 12.8. The van der Waals surface area contributed by atoms with Crippen molar-refractivity contribution >= 4 is 16.6 Å². The summed E-state index contributed by atoms with van der Waals surface area (Å²) < 4.78 is 12.2. The summed E-state index contributed by atoms with van der Waals surface area (Å²) in [4.78, 5) is 22.3. The van der Waals surface area contributed by atoms with Crippen LogP contribution in [0.15, 0.2) is 35.1 Å². The summed E-state index contributed by atoms with van der Waals surface area (Å²) >= 11 is 0. The lowest BCUT2D eigenvalue weighted by molar-refractivity contribution is -0.384. The number of fused-ring (bicyclic) bond motifs is 1. The van der Waals surface area contributed by atoms with Gasteiger partial charge in [0.25, 0.3) is 11.2 Å². The molecular weight excluding hydrogens is 264 g/mol. The Morgan fingerprint density at radius 1 is 1.25 bits per heavy atom. The van der Waals surface area contributed by atoms with Gasteiger partial charge in [0, 0.05) is 23.6 Å². The summed E-state index contributed by atoms with van der Waals surface area (Å²) in [6, 6.07) is 7.37.